The zero-order valence-corrected chi connectivity index (χ0v) is 15.2. The van der Waals surface area contributed by atoms with Crippen LogP contribution in [0.3, 0.4) is 0 Å². The van der Waals surface area contributed by atoms with E-state index in [-0.39, 0.29) is 11.3 Å². The van der Waals surface area contributed by atoms with Gasteiger partial charge in [0.1, 0.15) is 0 Å². The monoisotopic (exact) mass is 355 g/mol. The quantitative estimate of drug-likeness (QED) is 0.827. The van der Waals surface area contributed by atoms with Crippen LogP contribution in [0.15, 0.2) is 36.5 Å². The number of benzene rings is 1. The van der Waals surface area contributed by atoms with Crippen molar-refractivity contribution in [3.63, 3.8) is 0 Å². The van der Waals surface area contributed by atoms with Gasteiger partial charge in [0.25, 0.3) is 5.91 Å². The number of carbonyl (C=O) groups excluding carboxylic acids is 1. The van der Waals surface area contributed by atoms with Gasteiger partial charge in [-0.15, -0.1) is 0 Å². The first kappa shape index (κ1) is 17.1. The number of likely N-dealkylation sites (tertiary alicyclic amines) is 1. The first-order valence-electron chi connectivity index (χ1n) is 9.36. The number of rotatable bonds is 5. The third-order valence-corrected chi connectivity index (χ3v) is 5.28. The van der Waals surface area contributed by atoms with E-state index in [1.54, 1.807) is 4.68 Å². The minimum atomic E-state index is -0.0467. The summed E-state index contributed by atoms with van der Waals surface area (Å²) in [6.45, 7) is 5.68. The molecule has 6 heteroatoms. The number of carbonyl (C=O) groups is 1. The van der Waals surface area contributed by atoms with E-state index < -0.39 is 0 Å². The van der Waals surface area contributed by atoms with Gasteiger partial charge in [0, 0.05) is 25.1 Å². The van der Waals surface area contributed by atoms with Crippen LogP contribution in [-0.4, -0.2) is 53.5 Å². The maximum atomic E-state index is 13.1. The average molecular weight is 355 g/mol. The van der Waals surface area contributed by atoms with Gasteiger partial charge in [0.2, 0.25) is 0 Å². The molecule has 0 radical (unpaired) electrons. The van der Waals surface area contributed by atoms with Crippen LogP contribution in [0.1, 0.15) is 36.7 Å². The SMILES string of the molecule is CCCOc1cn(-c2ccccc2)nc1C(=O)N1CC[C@]2(CCOC2)C1. The Morgan fingerprint density at radius 2 is 2.15 bits per heavy atom. The van der Waals surface area contributed by atoms with Gasteiger partial charge in [-0.2, -0.15) is 5.10 Å². The molecule has 0 N–H and O–H groups in total. The summed E-state index contributed by atoms with van der Waals surface area (Å²) in [5, 5.41) is 4.56. The molecule has 1 amide bonds. The van der Waals surface area contributed by atoms with Crippen LogP contribution in [0, 0.1) is 5.41 Å². The van der Waals surface area contributed by atoms with E-state index in [1.807, 2.05) is 48.4 Å². The Labute approximate surface area is 153 Å². The molecule has 26 heavy (non-hydrogen) atoms. The van der Waals surface area contributed by atoms with E-state index >= 15 is 0 Å². The largest absolute Gasteiger partial charge is 0.489 e. The summed E-state index contributed by atoms with van der Waals surface area (Å²) in [5.41, 5.74) is 1.45. The average Bonchev–Trinajstić information content (AvgIpc) is 3.41. The highest BCUT2D eigenvalue weighted by atomic mass is 16.5. The van der Waals surface area contributed by atoms with Crippen molar-refractivity contribution in [2.45, 2.75) is 26.2 Å². The molecule has 2 fully saturated rings. The van der Waals surface area contributed by atoms with Crippen molar-refractivity contribution >= 4 is 5.91 Å². The van der Waals surface area contributed by atoms with Crippen molar-refractivity contribution < 1.29 is 14.3 Å². The van der Waals surface area contributed by atoms with Crippen LogP contribution < -0.4 is 4.74 Å². The highest BCUT2D eigenvalue weighted by molar-refractivity contribution is 5.95. The van der Waals surface area contributed by atoms with E-state index in [4.69, 9.17) is 9.47 Å². The van der Waals surface area contributed by atoms with Crippen molar-refractivity contribution in [1.29, 1.82) is 0 Å². The summed E-state index contributed by atoms with van der Waals surface area (Å²) in [6, 6.07) is 9.79. The van der Waals surface area contributed by atoms with Crippen molar-refractivity contribution in [1.82, 2.24) is 14.7 Å². The molecule has 2 aromatic rings. The van der Waals surface area contributed by atoms with E-state index in [0.717, 1.165) is 51.3 Å². The first-order valence-corrected chi connectivity index (χ1v) is 9.36. The lowest BCUT2D eigenvalue weighted by molar-refractivity contribution is 0.0755. The lowest BCUT2D eigenvalue weighted by Crippen LogP contribution is -2.33. The van der Waals surface area contributed by atoms with E-state index in [0.29, 0.717) is 18.1 Å². The van der Waals surface area contributed by atoms with Crippen LogP contribution in [0.25, 0.3) is 5.69 Å². The van der Waals surface area contributed by atoms with Crippen LogP contribution in [-0.2, 0) is 4.74 Å². The number of hydrogen-bond donors (Lipinski definition) is 0. The number of nitrogens with zero attached hydrogens (tertiary/aromatic N) is 3. The van der Waals surface area contributed by atoms with Crippen LogP contribution in [0.4, 0.5) is 0 Å². The van der Waals surface area contributed by atoms with Gasteiger partial charge in [0.05, 0.1) is 25.1 Å². The van der Waals surface area contributed by atoms with Gasteiger partial charge in [-0.05, 0) is 31.4 Å². The minimum Gasteiger partial charge on any atom is -0.489 e. The number of para-hydroxylation sites is 1. The molecule has 0 unspecified atom stereocenters. The second-order valence-electron chi connectivity index (χ2n) is 7.25. The molecule has 3 heterocycles. The standard InChI is InChI=1S/C20H25N3O3/c1-2-11-26-17-13-23(16-6-4-3-5-7-16)21-18(17)19(24)22-10-8-20(14-22)9-12-25-15-20/h3-7,13H,2,8-12,14-15H2,1H3/t20-/m0/s1. The Bertz CT molecular complexity index is 766. The molecule has 4 rings (SSSR count). The fourth-order valence-electron chi connectivity index (χ4n) is 3.77. The highest BCUT2D eigenvalue weighted by Gasteiger charge is 2.43. The molecule has 0 saturated carbocycles. The zero-order valence-electron chi connectivity index (χ0n) is 15.2. The van der Waals surface area contributed by atoms with Gasteiger partial charge >= 0.3 is 0 Å². The maximum Gasteiger partial charge on any atom is 0.278 e. The fourth-order valence-corrected chi connectivity index (χ4v) is 3.77. The molecule has 1 atom stereocenters. The first-order chi connectivity index (χ1) is 12.7. The Balaban J connectivity index is 1.59. The van der Waals surface area contributed by atoms with Gasteiger partial charge in [0.15, 0.2) is 11.4 Å². The van der Waals surface area contributed by atoms with Crippen LogP contribution in [0.5, 0.6) is 5.75 Å². The second kappa shape index (κ2) is 7.11. The molecular formula is C20H25N3O3. The second-order valence-corrected chi connectivity index (χ2v) is 7.25. The molecule has 2 aliphatic rings. The van der Waals surface area contributed by atoms with Gasteiger partial charge in [-0.25, -0.2) is 4.68 Å². The molecular weight excluding hydrogens is 330 g/mol. The van der Waals surface area contributed by atoms with Crippen molar-refractivity contribution in [2.24, 2.45) is 5.41 Å². The number of amides is 1. The summed E-state index contributed by atoms with van der Waals surface area (Å²) in [4.78, 5) is 15.1. The molecule has 1 aromatic carbocycles. The maximum absolute atomic E-state index is 13.1. The zero-order chi connectivity index (χ0) is 18.0. The number of hydrogen-bond acceptors (Lipinski definition) is 4. The highest BCUT2D eigenvalue weighted by Crippen LogP contribution is 2.39. The Morgan fingerprint density at radius 1 is 1.31 bits per heavy atom. The third-order valence-electron chi connectivity index (χ3n) is 5.28. The van der Waals surface area contributed by atoms with E-state index in [1.165, 1.54) is 0 Å². The number of ether oxygens (including phenoxy) is 2. The summed E-state index contributed by atoms with van der Waals surface area (Å²) >= 11 is 0. The minimum absolute atomic E-state index is 0.0467. The topological polar surface area (TPSA) is 56.6 Å². The Kier molecular flexibility index (Phi) is 4.68. The van der Waals surface area contributed by atoms with Gasteiger partial charge in [-0.3, -0.25) is 4.79 Å². The van der Waals surface area contributed by atoms with Gasteiger partial charge in [-0.1, -0.05) is 25.1 Å². The van der Waals surface area contributed by atoms with E-state index in [9.17, 15) is 4.79 Å². The molecule has 2 saturated heterocycles. The molecule has 1 aromatic heterocycles. The Morgan fingerprint density at radius 3 is 2.88 bits per heavy atom. The predicted octanol–water partition coefficient (Wildman–Crippen LogP) is 2.91. The molecule has 2 aliphatic heterocycles. The predicted molar refractivity (Wildman–Crippen MR) is 97.7 cm³/mol. The lowest BCUT2D eigenvalue weighted by atomic mass is 9.87. The van der Waals surface area contributed by atoms with Crippen molar-refractivity contribution in [3.05, 3.63) is 42.2 Å². The summed E-state index contributed by atoms with van der Waals surface area (Å²) in [5.74, 6) is 0.513. The van der Waals surface area contributed by atoms with Gasteiger partial charge < -0.3 is 14.4 Å². The smallest absolute Gasteiger partial charge is 0.278 e. The molecule has 0 aliphatic carbocycles. The lowest BCUT2D eigenvalue weighted by Gasteiger charge is -2.21. The summed E-state index contributed by atoms with van der Waals surface area (Å²) < 4.78 is 13.1. The van der Waals surface area contributed by atoms with Crippen LogP contribution >= 0.6 is 0 Å². The van der Waals surface area contributed by atoms with Crippen LogP contribution in [0.2, 0.25) is 0 Å². The van der Waals surface area contributed by atoms with Crippen molar-refractivity contribution in [2.75, 3.05) is 32.9 Å². The Hall–Kier alpha value is -2.34. The van der Waals surface area contributed by atoms with E-state index in [2.05, 4.69) is 5.10 Å². The molecule has 6 nitrogen and oxygen atoms in total. The normalized spacial score (nSPS) is 22.3. The number of aromatic nitrogens is 2. The summed E-state index contributed by atoms with van der Waals surface area (Å²) in [6.07, 6.45) is 4.73. The van der Waals surface area contributed by atoms with Crippen molar-refractivity contribution in [3.8, 4) is 11.4 Å². The fraction of sp³-hybridized carbons (Fsp3) is 0.500. The molecule has 138 valence electrons. The summed E-state index contributed by atoms with van der Waals surface area (Å²) in [7, 11) is 0. The third kappa shape index (κ3) is 3.21. The molecule has 1 spiro atoms. The molecule has 0 bridgehead atoms.